The molecule has 1 saturated heterocycles. The van der Waals surface area contributed by atoms with Gasteiger partial charge in [-0.05, 0) is 24.8 Å². The Balaban J connectivity index is 2.09. The van der Waals surface area contributed by atoms with E-state index in [0.717, 1.165) is 29.7 Å². The minimum absolute atomic E-state index is 0.0663. The van der Waals surface area contributed by atoms with Crippen molar-refractivity contribution in [2.45, 2.75) is 25.7 Å². The Kier molecular flexibility index (Phi) is 2.89. The molecular formula is C13H13NO4S. The first-order valence-electron chi connectivity index (χ1n) is 6.16. The van der Waals surface area contributed by atoms with E-state index in [2.05, 4.69) is 0 Å². The Morgan fingerprint density at radius 1 is 1.32 bits per heavy atom. The fraction of sp³-hybridized carbons (Fsp3) is 0.462. The predicted molar refractivity (Wildman–Crippen MR) is 69.7 cm³/mol. The summed E-state index contributed by atoms with van der Waals surface area (Å²) in [5.74, 6) is -0.744. The minimum atomic E-state index is -0.415. The van der Waals surface area contributed by atoms with Gasteiger partial charge in [-0.15, -0.1) is 11.3 Å². The van der Waals surface area contributed by atoms with Crippen LogP contribution in [0.15, 0.2) is 0 Å². The highest BCUT2D eigenvalue weighted by molar-refractivity contribution is 7.17. The Bertz CT molecular complexity index is 590. The van der Waals surface area contributed by atoms with Crippen molar-refractivity contribution in [2.75, 3.05) is 18.6 Å². The van der Waals surface area contributed by atoms with Gasteiger partial charge in [0.2, 0.25) is 5.91 Å². The zero-order valence-corrected chi connectivity index (χ0v) is 11.3. The average molecular weight is 279 g/mol. The number of carbonyl (C=O) groups excluding carboxylic acids is 3. The van der Waals surface area contributed by atoms with E-state index in [1.54, 1.807) is 0 Å². The van der Waals surface area contributed by atoms with Crippen molar-refractivity contribution in [3.05, 3.63) is 16.0 Å². The summed E-state index contributed by atoms with van der Waals surface area (Å²) < 4.78 is 4.83. The highest BCUT2D eigenvalue weighted by Gasteiger charge is 2.36. The summed E-state index contributed by atoms with van der Waals surface area (Å²) in [6.07, 6.45) is 2.73. The molecule has 19 heavy (non-hydrogen) atoms. The smallest absolute Gasteiger partial charge is 0.341 e. The van der Waals surface area contributed by atoms with Gasteiger partial charge in [-0.25, -0.2) is 4.79 Å². The second-order valence-corrected chi connectivity index (χ2v) is 5.81. The first-order chi connectivity index (χ1) is 9.11. The number of hydrogen-bond acceptors (Lipinski definition) is 5. The van der Waals surface area contributed by atoms with E-state index < -0.39 is 5.97 Å². The van der Waals surface area contributed by atoms with Crippen LogP contribution >= 0.6 is 11.3 Å². The quantitative estimate of drug-likeness (QED) is 0.605. The first kappa shape index (κ1) is 12.3. The number of ether oxygens (including phenoxy) is 1. The van der Waals surface area contributed by atoms with Crippen LogP contribution < -0.4 is 4.90 Å². The summed E-state index contributed by atoms with van der Waals surface area (Å²) in [5.41, 5.74) is 1.49. The standard InChI is InChI=1S/C13H13NO4S/c1-18-13(17)11-8-3-2-4-9(8)19-12(11)14-6-7(15)5-10(14)16/h2-6H2,1H3. The van der Waals surface area contributed by atoms with E-state index in [9.17, 15) is 14.4 Å². The lowest BCUT2D eigenvalue weighted by Crippen LogP contribution is -2.25. The molecular weight excluding hydrogens is 266 g/mol. The predicted octanol–water partition coefficient (Wildman–Crippen LogP) is 1.33. The molecule has 0 unspecified atom stereocenters. The van der Waals surface area contributed by atoms with Crippen LogP contribution in [0.1, 0.15) is 33.6 Å². The summed E-state index contributed by atoms with van der Waals surface area (Å²) in [5, 5.41) is 0.590. The third kappa shape index (κ3) is 1.87. The second-order valence-electron chi connectivity index (χ2n) is 4.72. The number of thiophene rings is 1. The van der Waals surface area contributed by atoms with Gasteiger partial charge in [0.15, 0.2) is 5.78 Å². The summed E-state index contributed by atoms with van der Waals surface area (Å²) in [4.78, 5) is 37.8. The van der Waals surface area contributed by atoms with Gasteiger partial charge in [0.25, 0.3) is 0 Å². The third-order valence-corrected chi connectivity index (χ3v) is 4.84. The molecule has 5 nitrogen and oxygen atoms in total. The van der Waals surface area contributed by atoms with E-state index in [1.807, 2.05) is 0 Å². The highest BCUT2D eigenvalue weighted by Crippen LogP contribution is 2.42. The van der Waals surface area contributed by atoms with Gasteiger partial charge in [-0.3, -0.25) is 14.5 Å². The van der Waals surface area contributed by atoms with Crippen molar-refractivity contribution in [1.29, 1.82) is 0 Å². The van der Waals surface area contributed by atoms with Crippen molar-refractivity contribution >= 4 is 34.0 Å². The Morgan fingerprint density at radius 3 is 2.74 bits per heavy atom. The number of rotatable bonds is 2. The zero-order chi connectivity index (χ0) is 13.6. The summed E-state index contributed by atoms with van der Waals surface area (Å²) >= 11 is 1.45. The van der Waals surface area contributed by atoms with Crippen LogP contribution in [0.5, 0.6) is 0 Å². The summed E-state index contributed by atoms with van der Waals surface area (Å²) in [6, 6.07) is 0. The molecule has 2 aliphatic rings. The van der Waals surface area contributed by atoms with Crippen LogP contribution in [0.2, 0.25) is 0 Å². The van der Waals surface area contributed by atoms with E-state index in [1.165, 1.54) is 23.3 Å². The van der Waals surface area contributed by atoms with Crippen molar-refractivity contribution in [2.24, 2.45) is 0 Å². The number of methoxy groups -OCH3 is 1. The van der Waals surface area contributed by atoms with Crippen molar-refractivity contribution < 1.29 is 19.1 Å². The number of fused-ring (bicyclic) bond motifs is 1. The van der Waals surface area contributed by atoms with E-state index >= 15 is 0 Å². The van der Waals surface area contributed by atoms with Gasteiger partial charge in [0, 0.05) is 4.88 Å². The van der Waals surface area contributed by atoms with Gasteiger partial charge in [0.05, 0.1) is 25.6 Å². The number of Topliss-reactive ketones (excluding diaryl/α,β-unsaturated/α-hetero) is 1. The van der Waals surface area contributed by atoms with Gasteiger partial charge in [0.1, 0.15) is 5.00 Å². The van der Waals surface area contributed by atoms with E-state index in [-0.39, 0.29) is 24.7 Å². The summed E-state index contributed by atoms with van der Waals surface area (Å²) in [7, 11) is 1.34. The molecule has 1 aliphatic carbocycles. The van der Waals surface area contributed by atoms with Crippen molar-refractivity contribution in [3.8, 4) is 0 Å². The van der Waals surface area contributed by atoms with Crippen LogP contribution in [-0.2, 0) is 27.2 Å². The average Bonchev–Trinajstić information content (AvgIpc) is 3.01. The molecule has 1 amide bonds. The fourth-order valence-corrected chi connectivity index (χ4v) is 4.05. The van der Waals surface area contributed by atoms with Crippen LogP contribution in [0.25, 0.3) is 0 Å². The van der Waals surface area contributed by atoms with Crippen LogP contribution in [0.3, 0.4) is 0 Å². The lowest BCUT2D eigenvalue weighted by atomic mass is 10.1. The Morgan fingerprint density at radius 2 is 2.11 bits per heavy atom. The molecule has 0 radical (unpaired) electrons. The molecule has 3 rings (SSSR count). The zero-order valence-electron chi connectivity index (χ0n) is 10.5. The number of esters is 1. The number of amides is 1. The van der Waals surface area contributed by atoms with Crippen LogP contribution in [0.4, 0.5) is 5.00 Å². The molecule has 0 N–H and O–H groups in total. The molecule has 1 aromatic rings. The van der Waals surface area contributed by atoms with Gasteiger partial charge in [-0.2, -0.15) is 0 Å². The maximum atomic E-state index is 12.0. The maximum absolute atomic E-state index is 12.0. The van der Waals surface area contributed by atoms with Gasteiger partial charge >= 0.3 is 5.97 Å². The largest absolute Gasteiger partial charge is 0.465 e. The Labute approximate surface area is 114 Å². The lowest BCUT2D eigenvalue weighted by molar-refractivity contribution is -0.121. The van der Waals surface area contributed by atoms with Crippen molar-refractivity contribution in [3.63, 3.8) is 0 Å². The molecule has 1 fully saturated rings. The maximum Gasteiger partial charge on any atom is 0.341 e. The molecule has 100 valence electrons. The highest BCUT2D eigenvalue weighted by atomic mass is 32.1. The second kappa shape index (κ2) is 4.45. The van der Waals surface area contributed by atoms with E-state index in [4.69, 9.17) is 4.74 Å². The SMILES string of the molecule is COC(=O)c1c(N2CC(=O)CC2=O)sc2c1CCC2. The van der Waals surface area contributed by atoms with Gasteiger partial charge in [-0.1, -0.05) is 0 Å². The van der Waals surface area contributed by atoms with E-state index in [0.29, 0.717) is 10.6 Å². The monoisotopic (exact) mass is 279 g/mol. The summed E-state index contributed by atoms with van der Waals surface area (Å²) in [6.45, 7) is 0.0716. The Hall–Kier alpha value is -1.69. The normalized spacial score (nSPS) is 18.1. The molecule has 0 spiro atoms. The van der Waals surface area contributed by atoms with Crippen molar-refractivity contribution in [1.82, 2.24) is 0 Å². The molecule has 0 bridgehead atoms. The molecule has 0 saturated carbocycles. The number of carbonyl (C=O) groups is 3. The first-order valence-corrected chi connectivity index (χ1v) is 6.98. The molecule has 1 aliphatic heterocycles. The topological polar surface area (TPSA) is 63.7 Å². The molecule has 6 heteroatoms. The van der Waals surface area contributed by atoms with Crippen LogP contribution in [0, 0.1) is 0 Å². The number of nitrogens with zero attached hydrogens (tertiary/aromatic N) is 1. The fourth-order valence-electron chi connectivity index (χ4n) is 2.66. The van der Waals surface area contributed by atoms with Crippen LogP contribution in [-0.4, -0.2) is 31.3 Å². The third-order valence-electron chi connectivity index (χ3n) is 3.52. The number of ketones is 1. The molecule has 1 aromatic heterocycles. The number of aryl methyl sites for hydroxylation is 1. The molecule has 0 aromatic carbocycles. The number of anilines is 1. The lowest BCUT2D eigenvalue weighted by Gasteiger charge is -2.14. The van der Waals surface area contributed by atoms with Gasteiger partial charge < -0.3 is 4.74 Å². The molecule has 0 atom stereocenters. The number of hydrogen-bond donors (Lipinski definition) is 0. The molecule has 2 heterocycles. The minimum Gasteiger partial charge on any atom is -0.465 e.